The summed E-state index contributed by atoms with van der Waals surface area (Å²) in [5.41, 5.74) is -0.893. The summed E-state index contributed by atoms with van der Waals surface area (Å²) in [6, 6.07) is 0.00299. The van der Waals surface area contributed by atoms with Gasteiger partial charge >= 0.3 is 12.2 Å². The molecule has 3 rings (SSSR count). The van der Waals surface area contributed by atoms with Crippen LogP contribution >= 0.6 is 11.6 Å². The molecule has 1 atom stereocenters. The van der Waals surface area contributed by atoms with Gasteiger partial charge in [0.05, 0.1) is 16.6 Å². The summed E-state index contributed by atoms with van der Waals surface area (Å²) in [6.07, 6.45) is 0.293. The summed E-state index contributed by atoms with van der Waals surface area (Å²) in [6.45, 7) is 3.58. The van der Waals surface area contributed by atoms with Gasteiger partial charge in [0.1, 0.15) is 5.82 Å². The molecular weight excluding hydrogens is 423 g/mol. The molecule has 0 spiro atoms. The molecule has 3 amide bonds. The Hall–Kier alpha value is -2.07. The normalized spacial score (nSPS) is 19.6. The minimum atomic E-state index is -4.50. The number of piperazine rings is 1. The predicted molar refractivity (Wildman–Crippen MR) is 106 cm³/mol. The van der Waals surface area contributed by atoms with Crippen molar-refractivity contribution in [3.63, 3.8) is 0 Å². The summed E-state index contributed by atoms with van der Waals surface area (Å²) in [7, 11) is 0. The number of carbonyl (C=O) groups excluding carboxylic acids is 2. The van der Waals surface area contributed by atoms with E-state index in [0.29, 0.717) is 26.2 Å². The molecule has 2 heterocycles. The minimum absolute atomic E-state index is 0.0624. The molecule has 1 aliphatic heterocycles. The summed E-state index contributed by atoms with van der Waals surface area (Å²) >= 11 is 6.02. The van der Waals surface area contributed by atoms with Crippen LogP contribution in [-0.2, 0) is 11.0 Å². The number of nitrogens with zero attached hydrogens (tertiary/aromatic N) is 3. The van der Waals surface area contributed by atoms with Crippen molar-refractivity contribution < 1.29 is 22.8 Å². The van der Waals surface area contributed by atoms with Crippen LogP contribution in [0, 0.1) is 0 Å². The van der Waals surface area contributed by atoms with Crippen molar-refractivity contribution in [3.8, 4) is 0 Å². The highest BCUT2D eigenvalue weighted by Gasteiger charge is 2.33. The van der Waals surface area contributed by atoms with Gasteiger partial charge in [0.25, 0.3) is 0 Å². The quantitative estimate of drug-likeness (QED) is 0.742. The Labute approximate surface area is 177 Å². The fraction of sp³-hybridized carbons (Fsp3) is 0.632. The van der Waals surface area contributed by atoms with Crippen molar-refractivity contribution in [3.05, 3.63) is 22.8 Å². The average Bonchev–Trinajstić information content (AvgIpc) is 3.19. The minimum Gasteiger partial charge on any atom is -0.353 e. The summed E-state index contributed by atoms with van der Waals surface area (Å²) in [4.78, 5) is 32.0. The Morgan fingerprint density at radius 2 is 1.83 bits per heavy atom. The van der Waals surface area contributed by atoms with Crippen LogP contribution in [-0.4, -0.2) is 60.1 Å². The Bertz CT molecular complexity index is 778. The number of hydrogen-bond acceptors (Lipinski definition) is 5. The first-order chi connectivity index (χ1) is 14.1. The van der Waals surface area contributed by atoms with Gasteiger partial charge in [0.15, 0.2) is 0 Å². The lowest BCUT2D eigenvalue weighted by Gasteiger charge is -2.38. The zero-order chi connectivity index (χ0) is 21.9. The van der Waals surface area contributed by atoms with E-state index in [-0.39, 0.29) is 22.8 Å². The van der Waals surface area contributed by atoms with E-state index in [9.17, 15) is 22.8 Å². The number of alkyl halides is 3. The van der Waals surface area contributed by atoms with Gasteiger partial charge in [-0.1, -0.05) is 24.4 Å². The van der Waals surface area contributed by atoms with Crippen molar-refractivity contribution in [2.45, 2.75) is 50.9 Å². The first kappa shape index (κ1) is 22.6. The SMILES string of the molecule is CC(C(=O)NC(=O)NC1CCCC1)N1CCN(c2ncc(C(F)(F)F)cc2Cl)CC1. The van der Waals surface area contributed by atoms with E-state index in [1.807, 2.05) is 4.90 Å². The van der Waals surface area contributed by atoms with E-state index < -0.39 is 23.8 Å². The van der Waals surface area contributed by atoms with E-state index in [1.54, 1.807) is 11.8 Å². The van der Waals surface area contributed by atoms with Crippen LogP contribution in [0.4, 0.5) is 23.8 Å². The maximum atomic E-state index is 12.8. The Balaban J connectivity index is 1.50. The predicted octanol–water partition coefficient (Wildman–Crippen LogP) is 3.03. The van der Waals surface area contributed by atoms with E-state index in [0.717, 1.165) is 37.9 Å². The molecule has 2 aliphatic rings. The molecule has 166 valence electrons. The molecule has 1 aromatic heterocycles. The molecule has 1 saturated heterocycles. The second-order valence-corrected chi connectivity index (χ2v) is 8.08. The lowest BCUT2D eigenvalue weighted by Crippen LogP contribution is -2.56. The number of urea groups is 1. The number of halogens is 4. The number of imide groups is 1. The Morgan fingerprint density at radius 3 is 2.40 bits per heavy atom. The number of pyridine rings is 1. The van der Waals surface area contributed by atoms with Crippen molar-refractivity contribution in [2.24, 2.45) is 0 Å². The number of hydrogen-bond donors (Lipinski definition) is 2. The highest BCUT2D eigenvalue weighted by molar-refractivity contribution is 6.33. The fourth-order valence-electron chi connectivity index (χ4n) is 3.81. The van der Waals surface area contributed by atoms with Crippen molar-refractivity contribution in [1.82, 2.24) is 20.5 Å². The zero-order valence-corrected chi connectivity index (χ0v) is 17.4. The molecule has 2 N–H and O–H groups in total. The zero-order valence-electron chi connectivity index (χ0n) is 16.6. The molecule has 0 bridgehead atoms. The van der Waals surface area contributed by atoms with Crippen LogP contribution in [0.3, 0.4) is 0 Å². The third-order valence-electron chi connectivity index (χ3n) is 5.62. The summed E-state index contributed by atoms with van der Waals surface area (Å²) < 4.78 is 38.3. The molecule has 30 heavy (non-hydrogen) atoms. The van der Waals surface area contributed by atoms with Gasteiger partial charge in [-0.05, 0) is 25.8 Å². The van der Waals surface area contributed by atoms with Crippen LogP contribution in [0.25, 0.3) is 0 Å². The maximum Gasteiger partial charge on any atom is 0.417 e. The van der Waals surface area contributed by atoms with Crippen LogP contribution in [0.1, 0.15) is 38.2 Å². The molecule has 0 radical (unpaired) electrons. The van der Waals surface area contributed by atoms with Gasteiger partial charge in [-0.15, -0.1) is 0 Å². The second kappa shape index (κ2) is 9.38. The van der Waals surface area contributed by atoms with E-state index in [2.05, 4.69) is 15.6 Å². The van der Waals surface area contributed by atoms with Crippen LogP contribution in [0.5, 0.6) is 0 Å². The van der Waals surface area contributed by atoms with Crippen molar-refractivity contribution in [1.29, 1.82) is 0 Å². The largest absolute Gasteiger partial charge is 0.417 e. The molecule has 0 aromatic carbocycles. The lowest BCUT2D eigenvalue weighted by molar-refractivity contribution is -0.137. The van der Waals surface area contributed by atoms with Gasteiger partial charge in [-0.2, -0.15) is 13.2 Å². The van der Waals surface area contributed by atoms with Gasteiger partial charge in [0, 0.05) is 38.4 Å². The summed E-state index contributed by atoms with van der Waals surface area (Å²) in [5, 5.41) is 5.15. The molecule has 2 fully saturated rings. The molecule has 1 unspecified atom stereocenters. The Morgan fingerprint density at radius 1 is 1.20 bits per heavy atom. The van der Waals surface area contributed by atoms with Gasteiger partial charge in [-0.3, -0.25) is 15.0 Å². The smallest absolute Gasteiger partial charge is 0.353 e. The highest BCUT2D eigenvalue weighted by Crippen LogP contribution is 2.33. The number of nitrogens with one attached hydrogen (secondary N) is 2. The molecule has 1 saturated carbocycles. The number of anilines is 1. The van der Waals surface area contributed by atoms with Crippen molar-refractivity contribution >= 4 is 29.4 Å². The monoisotopic (exact) mass is 447 g/mol. The summed E-state index contributed by atoms with van der Waals surface area (Å²) in [5.74, 6) is -0.0954. The molecular formula is C19H25ClF3N5O2. The topological polar surface area (TPSA) is 77.6 Å². The van der Waals surface area contributed by atoms with Crippen molar-refractivity contribution in [2.75, 3.05) is 31.1 Å². The maximum absolute atomic E-state index is 12.8. The standard InChI is InChI=1S/C19H25ClF3N5O2/c1-12(17(29)26-18(30)25-14-4-2-3-5-14)27-6-8-28(9-7-27)16-15(20)10-13(11-24-16)19(21,22)23/h10-12,14H,2-9H2,1H3,(H2,25,26,29,30). The van der Waals surface area contributed by atoms with E-state index in [1.165, 1.54) is 0 Å². The molecule has 1 aromatic rings. The van der Waals surface area contributed by atoms with Crippen LogP contribution in [0.15, 0.2) is 12.3 Å². The number of rotatable bonds is 4. The van der Waals surface area contributed by atoms with Crippen LogP contribution < -0.4 is 15.5 Å². The third-order valence-corrected chi connectivity index (χ3v) is 5.90. The average molecular weight is 448 g/mol. The number of aromatic nitrogens is 1. The number of carbonyl (C=O) groups is 2. The number of amides is 3. The molecule has 1 aliphatic carbocycles. The Kier molecular flexibility index (Phi) is 7.07. The first-order valence-electron chi connectivity index (χ1n) is 9.98. The molecule has 7 nitrogen and oxygen atoms in total. The first-order valence-corrected chi connectivity index (χ1v) is 10.4. The van der Waals surface area contributed by atoms with Gasteiger partial charge in [-0.25, -0.2) is 9.78 Å². The molecule has 11 heteroatoms. The second-order valence-electron chi connectivity index (χ2n) is 7.67. The van der Waals surface area contributed by atoms with Crippen LogP contribution in [0.2, 0.25) is 5.02 Å². The van der Waals surface area contributed by atoms with Gasteiger partial charge < -0.3 is 10.2 Å². The third kappa shape index (κ3) is 5.54. The highest BCUT2D eigenvalue weighted by atomic mass is 35.5. The fourth-order valence-corrected chi connectivity index (χ4v) is 4.10. The van der Waals surface area contributed by atoms with E-state index >= 15 is 0 Å². The lowest BCUT2D eigenvalue weighted by atomic mass is 10.2. The van der Waals surface area contributed by atoms with Gasteiger partial charge in [0.2, 0.25) is 5.91 Å². The van der Waals surface area contributed by atoms with E-state index in [4.69, 9.17) is 11.6 Å².